The van der Waals surface area contributed by atoms with E-state index in [2.05, 4.69) is 35.5 Å². The predicted octanol–water partition coefficient (Wildman–Crippen LogP) is 0.234. The maximum absolute atomic E-state index is 6.18. The molecule has 0 amide bonds. The minimum atomic E-state index is -0.193. The van der Waals surface area contributed by atoms with Gasteiger partial charge in [0.15, 0.2) is 0 Å². The Labute approximate surface area is 196 Å². The van der Waals surface area contributed by atoms with Crippen molar-refractivity contribution in [1.82, 2.24) is 14.7 Å². The lowest BCUT2D eigenvalue weighted by molar-refractivity contribution is -0.204. The van der Waals surface area contributed by atoms with Crippen molar-refractivity contribution in [2.24, 2.45) is 0 Å². The van der Waals surface area contributed by atoms with Gasteiger partial charge in [0.25, 0.3) is 0 Å². The molecule has 3 aliphatic rings. The molecular formula is C21H41N3O9. The zero-order chi connectivity index (χ0) is 23.3. The standard InChI is InChI=1S/C21H41N3O9/c1-18(22-9-27-15-28-10-22)4-25-7-21(33-6-20(3)24-13-31-17-32-14-24)8-26-5-19(2)23-11-29-16-30-12-23/h18-21H,4-17H2,1-3H3. The summed E-state index contributed by atoms with van der Waals surface area (Å²) in [7, 11) is 0. The second-order valence-electron chi connectivity index (χ2n) is 8.70. The van der Waals surface area contributed by atoms with Crippen LogP contribution < -0.4 is 0 Å². The monoisotopic (exact) mass is 479 g/mol. The van der Waals surface area contributed by atoms with Crippen LogP contribution in [0.3, 0.4) is 0 Å². The van der Waals surface area contributed by atoms with Gasteiger partial charge in [-0.2, -0.15) is 0 Å². The Bertz CT molecular complexity index is 473. The van der Waals surface area contributed by atoms with Crippen molar-refractivity contribution < 1.29 is 42.6 Å². The number of rotatable bonds is 14. The first-order valence-electron chi connectivity index (χ1n) is 11.6. The molecule has 0 aromatic heterocycles. The smallest absolute Gasteiger partial charge is 0.150 e. The lowest BCUT2D eigenvalue weighted by atomic mass is 10.3. The van der Waals surface area contributed by atoms with Gasteiger partial charge in [-0.15, -0.1) is 0 Å². The first-order valence-corrected chi connectivity index (χ1v) is 11.6. The Morgan fingerprint density at radius 3 is 1.21 bits per heavy atom. The van der Waals surface area contributed by atoms with Crippen molar-refractivity contribution in [3.63, 3.8) is 0 Å². The summed E-state index contributed by atoms with van der Waals surface area (Å²) in [6, 6.07) is 0.496. The van der Waals surface area contributed by atoms with Crippen LogP contribution >= 0.6 is 0 Å². The first kappa shape index (κ1) is 27.1. The molecule has 0 spiro atoms. The van der Waals surface area contributed by atoms with E-state index in [0.29, 0.717) is 93.8 Å². The van der Waals surface area contributed by atoms with Gasteiger partial charge < -0.3 is 42.6 Å². The SMILES string of the molecule is CC(COCC(COCC(C)N1COCOC1)OCC(C)N1COCOC1)N1COCOC1. The Morgan fingerprint density at radius 1 is 0.515 bits per heavy atom. The Balaban J connectivity index is 1.40. The van der Waals surface area contributed by atoms with Crippen LogP contribution in [0.1, 0.15) is 20.8 Å². The normalized spacial score (nSPS) is 25.5. The minimum Gasteiger partial charge on any atom is -0.377 e. The van der Waals surface area contributed by atoms with E-state index >= 15 is 0 Å². The van der Waals surface area contributed by atoms with Crippen LogP contribution in [0, 0.1) is 0 Å². The highest BCUT2D eigenvalue weighted by molar-refractivity contribution is 4.68. The van der Waals surface area contributed by atoms with E-state index < -0.39 is 0 Å². The Hall–Kier alpha value is -0.480. The number of ether oxygens (including phenoxy) is 9. The van der Waals surface area contributed by atoms with Crippen molar-refractivity contribution in [2.75, 3.05) is 93.8 Å². The van der Waals surface area contributed by atoms with Crippen LogP contribution in [0.5, 0.6) is 0 Å². The van der Waals surface area contributed by atoms with E-state index in [1.165, 1.54) is 0 Å². The molecule has 0 aliphatic carbocycles. The van der Waals surface area contributed by atoms with Crippen molar-refractivity contribution in [3.8, 4) is 0 Å². The molecule has 194 valence electrons. The van der Waals surface area contributed by atoms with E-state index in [0.717, 1.165) is 0 Å². The van der Waals surface area contributed by atoms with Crippen LogP contribution in [0.15, 0.2) is 0 Å². The summed E-state index contributed by atoms with van der Waals surface area (Å²) >= 11 is 0. The van der Waals surface area contributed by atoms with Gasteiger partial charge in [0, 0.05) is 18.1 Å². The van der Waals surface area contributed by atoms with Gasteiger partial charge in [-0.25, -0.2) is 0 Å². The van der Waals surface area contributed by atoms with Crippen LogP contribution in [-0.4, -0.2) is 133 Å². The summed E-state index contributed by atoms with van der Waals surface area (Å²) in [6.07, 6.45) is -0.193. The van der Waals surface area contributed by atoms with E-state index in [1.54, 1.807) is 0 Å². The van der Waals surface area contributed by atoms with Gasteiger partial charge in [-0.05, 0) is 20.8 Å². The summed E-state index contributed by atoms with van der Waals surface area (Å²) in [5.41, 5.74) is 0. The third-order valence-corrected chi connectivity index (χ3v) is 5.81. The fourth-order valence-corrected chi connectivity index (χ4v) is 3.46. The highest BCUT2D eigenvalue weighted by atomic mass is 16.7. The summed E-state index contributed by atoms with van der Waals surface area (Å²) in [4.78, 5) is 6.25. The van der Waals surface area contributed by atoms with Gasteiger partial charge in [0.2, 0.25) is 0 Å². The van der Waals surface area contributed by atoms with Crippen LogP contribution in [0.25, 0.3) is 0 Å². The Morgan fingerprint density at radius 2 is 0.848 bits per heavy atom. The molecule has 0 radical (unpaired) electrons. The summed E-state index contributed by atoms with van der Waals surface area (Å²) in [5.74, 6) is 0. The zero-order valence-corrected chi connectivity index (χ0v) is 20.2. The average molecular weight is 480 g/mol. The Kier molecular flexibility index (Phi) is 12.7. The van der Waals surface area contributed by atoms with Crippen molar-refractivity contribution in [3.05, 3.63) is 0 Å². The molecule has 3 saturated heterocycles. The molecule has 3 aliphatic heterocycles. The fourth-order valence-electron chi connectivity index (χ4n) is 3.46. The van der Waals surface area contributed by atoms with Crippen molar-refractivity contribution in [1.29, 1.82) is 0 Å². The van der Waals surface area contributed by atoms with Gasteiger partial charge >= 0.3 is 0 Å². The molecule has 3 atom stereocenters. The quantitative estimate of drug-likeness (QED) is 0.342. The molecule has 12 heteroatoms. The lowest BCUT2D eigenvalue weighted by Gasteiger charge is -2.33. The second kappa shape index (κ2) is 15.5. The maximum atomic E-state index is 6.18. The first-order chi connectivity index (χ1) is 16.1. The summed E-state index contributed by atoms with van der Waals surface area (Å²) < 4.78 is 50.2. The fraction of sp³-hybridized carbons (Fsp3) is 1.00. The third-order valence-electron chi connectivity index (χ3n) is 5.81. The largest absolute Gasteiger partial charge is 0.377 e. The number of hydrogen-bond donors (Lipinski definition) is 0. The van der Waals surface area contributed by atoms with Crippen LogP contribution in [0.4, 0.5) is 0 Å². The number of nitrogens with zero attached hydrogens (tertiary/aromatic N) is 3. The van der Waals surface area contributed by atoms with Crippen molar-refractivity contribution >= 4 is 0 Å². The summed E-state index contributed by atoms with van der Waals surface area (Å²) in [6.45, 7) is 13.1. The predicted molar refractivity (Wildman–Crippen MR) is 116 cm³/mol. The maximum Gasteiger partial charge on any atom is 0.150 e. The summed E-state index contributed by atoms with van der Waals surface area (Å²) in [5, 5.41) is 0. The molecule has 0 N–H and O–H groups in total. The van der Waals surface area contributed by atoms with Crippen LogP contribution in [0.2, 0.25) is 0 Å². The van der Waals surface area contributed by atoms with E-state index in [4.69, 9.17) is 42.6 Å². The molecule has 0 bridgehead atoms. The molecule has 3 fully saturated rings. The molecule has 3 rings (SSSR count). The average Bonchev–Trinajstić information content (AvgIpc) is 2.88. The molecule has 3 unspecified atom stereocenters. The lowest BCUT2D eigenvalue weighted by Crippen LogP contribution is -2.45. The molecule has 0 aromatic rings. The van der Waals surface area contributed by atoms with Gasteiger partial charge in [-0.1, -0.05) is 0 Å². The molecule has 12 nitrogen and oxygen atoms in total. The van der Waals surface area contributed by atoms with Gasteiger partial charge in [0.1, 0.15) is 66.9 Å². The van der Waals surface area contributed by atoms with Gasteiger partial charge in [-0.3, -0.25) is 14.7 Å². The highest BCUT2D eigenvalue weighted by Gasteiger charge is 2.23. The minimum absolute atomic E-state index is 0.149. The number of hydrogen-bond acceptors (Lipinski definition) is 12. The van der Waals surface area contributed by atoms with Gasteiger partial charge in [0.05, 0.1) is 33.0 Å². The zero-order valence-electron chi connectivity index (χ0n) is 20.2. The molecule has 33 heavy (non-hydrogen) atoms. The van der Waals surface area contributed by atoms with E-state index in [1.807, 2.05) is 0 Å². The van der Waals surface area contributed by atoms with E-state index in [9.17, 15) is 0 Å². The second-order valence-corrected chi connectivity index (χ2v) is 8.70. The highest BCUT2D eigenvalue weighted by Crippen LogP contribution is 2.10. The van der Waals surface area contributed by atoms with E-state index in [-0.39, 0.29) is 24.2 Å². The molecular weight excluding hydrogens is 438 g/mol. The molecule has 0 aromatic carbocycles. The third kappa shape index (κ3) is 9.96. The van der Waals surface area contributed by atoms with Crippen LogP contribution in [-0.2, 0) is 42.6 Å². The molecule has 3 heterocycles. The topological polar surface area (TPSA) is 92.8 Å². The molecule has 0 saturated carbocycles. The van der Waals surface area contributed by atoms with Crippen molar-refractivity contribution in [2.45, 2.75) is 45.0 Å².